The van der Waals surface area contributed by atoms with Gasteiger partial charge in [0.25, 0.3) is 0 Å². The van der Waals surface area contributed by atoms with Gasteiger partial charge in [-0.2, -0.15) is 0 Å². The molecule has 0 spiro atoms. The van der Waals surface area contributed by atoms with Crippen LogP contribution >= 0.6 is 0 Å². The van der Waals surface area contributed by atoms with Gasteiger partial charge in [0, 0.05) is 0 Å². The molecule has 17 heavy (non-hydrogen) atoms. The van der Waals surface area contributed by atoms with Gasteiger partial charge in [0.2, 0.25) is 0 Å². The Morgan fingerprint density at radius 1 is 1.53 bits per heavy atom. The van der Waals surface area contributed by atoms with E-state index in [1.54, 1.807) is 0 Å². The van der Waals surface area contributed by atoms with Crippen LogP contribution in [-0.4, -0.2) is 24.2 Å². The summed E-state index contributed by atoms with van der Waals surface area (Å²) in [4.78, 5) is 10.9. The number of benzene rings is 1. The van der Waals surface area contributed by atoms with Crippen molar-refractivity contribution in [3.8, 4) is 0 Å². The van der Waals surface area contributed by atoms with Crippen molar-refractivity contribution in [2.24, 2.45) is 5.92 Å². The highest BCUT2D eigenvalue weighted by Crippen LogP contribution is 2.30. The van der Waals surface area contributed by atoms with Crippen molar-refractivity contribution >= 4 is 5.97 Å². The Kier molecular flexibility index (Phi) is 3.79. The average Bonchev–Trinajstić information content (AvgIpc) is 2.81. The third-order valence-corrected chi connectivity index (χ3v) is 3.69. The Labute approximate surface area is 102 Å². The van der Waals surface area contributed by atoms with E-state index in [-0.39, 0.29) is 6.42 Å². The fourth-order valence-electron chi connectivity index (χ4n) is 2.66. The Morgan fingerprint density at radius 3 is 2.94 bits per heavy atom. The molecule has 92 valence electrons. The van der Waals surface area contributed by atoms with E-state index in [1.165, 1.54) is 12.0 Å². The van der Waals surface area contributed by atoms with E-state index in [2.05, 4.69) is 18.3 Å². The molecule has 1 aromatic carbocycles. The normalized spacial score (nSPS) is 21.4. The van der Waals surface area contributed by atoms with Crippen LogP contribution in [0.2, 0.25) is 0 Å². The molecule has 0 aliphatic carbocycles. The molecule has 0 saturated carbocycles. The van der Waals surface area contributed by atoms with Crippen LogP contribution in [-0.2, 0) is 11.2 Å². The average molecular weight is 233 g/mol. The van der Waals surface area contributed by atoms with Gasteiger partial charge < -0.3 is 10.4 Å². The van der Waals surface area contributed by atoms with Crippen LogP contribution in [0.15, 0.2) is 24.3 Å². The zero-order valence-corrected chi connectivity index (χ0v) is 10.1. The summed E-state index contributed by atoms with van der Waals surface area (Å²) in [5.74, 6) is 0.305. The van der Waals surface area contributed by atoms with Crippen molar-refractivity contribution in [3.63, 3.8) is 0 Å². The third kappa shape index (κ3) is 2.86. The Morgan fingerprint density at radius 2 is 2.29 bits per heavy atom. The second-order valence-corrected chi connectivity index (χ2v) is 4.81. The highest BCUT2D eigenvalue weighted by molar-refractivity contribution is 5.70. The number of carboxylic acid groups (broad SMARTS) is 1. The number of aliphatic carboxylic acids is 1. The first-order chi connectivity index (χ1) is 8.18. The fourth-order valence-corrected chi connectivity index (χ4v) is 2.66. The summed E-state index contributed by atoms with van der Waals surface area (Å²) < 4.78 is 0. The van der Waals surface area contributed by atoms with Gasteiger partial charge in [-0.3, -0.25) is 4.79 Å². The Hall–Kier alpha value is -1.35. The van der Waals surface area contributed by atoms with Crippen LogP contribution in [0, 0.1) is 5.92 Å². The van der Waals surface area contributed by atoms with Gasteiger partial charge in [-0.15, -0.1) is 0 Å². The summed E-state index contributed by atoms with van der Waals surface area (Å²) in [5.41, 5.74) is 2.16. The van der Waals surface area contributed by atoms with Crippen LogP contribution in [0.1, 0.15) is 30.4 Å². The lowest BCUT2D eigenvalue weighted by atomic mass is 9.84. The van der Waals surface area contributed by atoms with Gasteiger partial charge in [-0.1, -0.05) is 31.2 Å². The summed E-state index contributed by atoms with van der Waals surface area (Å²) >= 11 is 0. The molecule has 2 unspecified atom stereocenters. The van der Waals surface area contributed by atoms with Gasteiger partial charge in [-0.05, 0) is 42.5 Å². The lowest BCUT2D eigenvalue weighted by Crippen LogP contribution is -2.16. The SMILES string of the molecule is CC(c1ccccc1CC(=O)O)C1CCNC1. The smallest absolute Gasteiger partial charge is 0.307 e. The topological polar surface area (TPSA) is 49.3 Å². The molecule has 1 saturated heterocycles. The molecule has 2 N–H and O–H groups in total. The van der Waals surface area contributed by atoms with E-state index < -0.39 is 5.97 Å². The zero-order valence-electron chi connectivity index (χ0n) is 10.1. The molecule has 1 aliphatic heterocycles. The third-order valence-electron chi connectivity index (χ3n) is 3.69. The number of hydrogen-bond donors (Lipinski definition) is 2. The monoisotopic (exact) mass is 233 g/mol. The van der Waals surface area contributed by atoms with Crippen LogP contribution in [0.4, 0.5) is 0 Å². The van der Waals surface area contributed by atoms with Gasteiger partial charge in [-0.25, -0.2) is 0 Å². The highest BCUT2D eigenvalue weighted by Gasteiger charge is 2.24. The molecule has 1 aliphatic rings. The molecule has 1 heterocycles. The van der Waals surface area contributed by atoms with Crippen LogP contribution in [0.3, 0.4) is 0 Å². The Bertz CT molecular complexity index is 397. The molecule has 2 rings (SSSR count). The summed E-state index contributed by atoms with van der Waals surface area (Å²) in [6.07, 6.45) is 1.31. The van der Waals surface area contributed by atoms with Crippen molar-refractivity contribution in [2.75, 3.05) is 13.1 Å². The summed E-state index contributed by atoms with van der Waals surface area (Å²) in [6.45, 7) is 4.33. The van der Waals surface area contributed by atoms with E-state index >= 15 is 0 Å². The number of nitrogens with one attached hydrogen (secondary N) is 1. The maximum Gasteiger partial charge on any atom is 0.307 e. The van der Waals surface area contributed by atoms with Crippen molar-refractivity contribution < 1.29 is 9.90 Å². The predicted molar refractivity (Wildman–Crippen MR) is 67.2 cm³/mol. The van der Waals surface area contributed by atoms with Crippen LogP contribution in [0.5, 0.6) is 0 Å². The Balaban J connectivity index is 2.20. The summed E-state index contributed by atoms with van der Waals surface area (Å²) in [5, 5.41) is 12.3. The highest BCUT2D eigenvalue weighted by atomic mass is 16.4. The minimum absolute atomic E-state index is 0.126. The second kappa shape index (κ2) is 5.32. The quantitative estimate of drug-likeness (QED) is 0.836. The maximum absolute atomic E-state index is 10.9. The summed E-state index contributed by atoms with van der Waals surface area (Å²) in [7, 11) is 0. The zero-order chi connectivity index (χ0) is 12.3. The molecule has 1 aromatic rings. The van der Waals surface area contributed by atoms with E-state index in [1.807, 2.05) is 18.2 Å². The number of hydrogen-bond acceptors (Lipinski definition) is 2. The first kappa shape index (κ1) is 12.1. The van der Waals surface area contributed by atoms with Gasteiger partial charge in [0.1, 0.15) is 0 Å². The molecule has 3 heteroatoms. The van der Waals surface area contributed by atoms with E-state index in [0.717, 1.165) is 18.7 Å². The molecule has 2 atom stereocenters. The second-order valence-electron chi connectivity index (χ2n) is 4.81. The molecule has 0 aromatic heterocycles. The first-order valence-electron chi connectivity index (χ1n) is 6.19. The number of carbonyl (C=O) groups is 1. The minimum atomic E-state index is -0.755. The summed E-state index contributed by atoms with van der Waals surface area (Å²) in [6, 6.07) is 7.92. The fraction of sp³-hybridized carbons (Fsp3) is 0.500. The largest absolute Gasteiger partial charge is 0.481 e. The number of rotatable bonds is 4. The minimum Gasteiger partial charge on any atom is -0.481 e. The van der Waals surface area contributed by atoms with E-state index in [9.17, 15) is 4.79 Å². The van der Waals surface area contributed by atoms with Crippen molar-refractivity contribution in [2.45, 2.75) is 25.7 Å². The maximum atomic E-state index is 10.9. The lowest BCUT2D eigenvalue weighted by Gasteiger charge is -2.21. The van der Waals surface area contributed by atoms with Gasteiger partial charge >= 0.3 is 5.97 Å². The van der Waals surface area contributed by atoms with Gasteiger partial charge in [0.05, 0.1) is 6.42 Å². The van der Waals surface area contributed by atoms with Crippen LogP contribution < -0.4 is 5.32 Å². The van der Waals surface area contributed by atoms with Crippen molar-refractivity contribution in [1.82, 2.24) is 5.32 Å². The predicted octanol–water partition coefficient (Wildman–Crippen LogP) is 2.03. The molecule has 0 radical (unpaired) electrons. The molecular formula is C14H19NO2. The molecule has 1 fully saturated rings. The lowest BCUT2D eigenvalue weighted by molar-refractivity contribution is -0.136. The van der Waals surface area contributed by atoms with E-state index in [0.29, 0.717) is 11.8 Å². The molecule has 0 amide bonds. The molecule has 3 nitrogen and oxygen atoms in total. The molecular weight excluding hydrogens is 214 g/mol. The van der Waals surface area contributed by atoms with Crippen molar-refractivity contribution in [3.05, 3.63) is 35.4 Å². The van der Waals surface area contributed by atoms with Crippen LogP contribution in [0.25, 0.3) is 0 Å². The standard InChI is InChI=1S/C14H19NO2/c1-10(12-6-7-15-9-12)13-5-3-2-4-11(13)8-14(16)17/h2-5,10,12,15H,6-9H2,1H3,(H,16,17). The first-order valence-corrected chi connectivity index (χ1v) is 6.19. The van der Waals surface area contributed by atoms with Gasteiger partial charge in [0.15, 0.2) is 0 Å². The van der Waals surface area contributed by atoms with Crippen molar-refractivity contribution in [1.29, 1.82) is 0 Å². The molecule has 0 bridgehead atoms. The number of carboxylic acids is 1. The van der Waals surface area contributed by atoms with E-state index in [4.69, 9.17) is 5.11 Å².